The van der Waals surface area contributed by atoms with Gasteiger partial charge in [-0.15, -0.1) is 0 Å². The van der Waals surface area contributed by atoms with Gasteiger partial charge in [-0.25, -0.2) is 0 Å². The number of hydrogen-bond acceptors (Lipinski definition) is 3. The zero-order chi connectivity index (χ0) is 38.3. The predicted octanol–water partition coefficient (Wildman–Crippen LogP) is 12.8. The predicted molar refractivity (Wildman–Crippen MR) is 227 cm³/mol. The van der Waals surface area contributed by atoms with Crippen LogP contribution in [-0.2, 0) is 15.6 Å². The standard InChI is InChI=1S/C50H63N2O2/c1-8-9-10-18-34-52-45-31-28-37(2)36-43(45)50(6,7)47(52)33-30-40-23-20-22-39(48(40)54-41-24-14-11-15-25-41)29-32-46-49(4,5)42-26-16-17-27-44(42)51(46)35-19-12-13-21-38(3)53/h11,14-17,24-33,36H,8-10,12-13,18-23,34-35H2,1-7H3/q+1. The molecule has 54 heavy (non-hydrogen) atoms. The van der Waals surface area contributed by atoms with Crippen molar-refractivity contribution in [1.82, 2.24) is 0 Å². The molecule has 0 radical (unpaired) electrons. The van der Waals surface area contributed by atoms with Gasteiger partial charge >= 0.3 is 0 Å². The lowest BCUT2D eigenvalue weighted by Crippen LogP contribution is -2.28. The Morgan fingerprint density at radius 2 is 1.57 bits per heavy atom. The summed E-state index contributed by atoms with van der Waals surface area (Å²) in [6, 6.07) is 26.2. The van der Waals surface area contributed by atoms with E-state index in [4.69, 9.17) is 4.74 Å². The smallest absolute Gasteiger partial charge is 0.209 e. The first-order valence-corrected chi connectivity index (χ1v) is 20.7. The third-order valence-corrected chi connectivity index (χ3v) is 11.8. The number of unbranched alkanes of at least 4 members (excludes halogenated alkanes) is 5. The minimum Gasteiger partial charge on any atom is -0.457 e. The molecule has 1 aliphatic carbocycles. The van der Waals surface area contributed by atoms with Crippen molar-refractivity contribution in [3.63, 3.8) is 0 Å². The molecule has 2 heterocycles. The van der Waals surface area contributed by atoms with E-state index in [0.29, 0.717) is 6.42 Å². The number of benzene rings is 3. The second-order valence-electron chi connectivity index (χ2n) is 16.7. The molecule has 0 saturated heterocycles. The van der Waals surface area contributed by atoms with E-state index in [1.807, 2.05) is 6.07 Å². The Morgan fingerprint density at radius 1 is 0.815 bits per heavy atom. The number of para-hydroxylation sites is 2. The highest BCUT2D eigenvalue weighted by Gasteiger charge is 2.44. The summed E-state index contributed by atoms with van der Waals surface area (Å²) in [5.74, 6) is 2.14. The summed E-state index contributed by atoms with van der Waals surface area (Å²) in [7, 11) is 0. The van der Waals surface area contributed by atoms with Crippen LogP contribution in [0, 0.1) is 6.92 Å². The summed E-state index contributed by atoms with van der Waals surface area (Å²) in [5.41, 5.74) is 11.7. The van der Waals surface area contributed by atoms with Crippen molar-refractivity contribution in [2.75, 3.05) is 18.0 Å². The Labute approximate surface area is 326 Å². The quantitative estimate of drug-likeness (QED) is 0.109. The zero-order valence-corrected chi connectivity index (χ0v) is 34.1. The number of Topliss-reactive ketones (excluding diaryl/α,β-unsaturated/α-hetero) is 1. The Morgan fingerprint density at radius 3 is 2.35 bits per heavy atom. The molecule has 0 aromatic heterocycles. The van der Waals surface area contributed by atoms with Gasteiger partial charge in [-0.1, -0.05) is 100 Å². The highest BCUT2D eigenvalue weighted by atomic mass is 16.5. The van der Waals surface area contributed by atoms with Gasteiger partial charge in [-0.05, 0) is 113 Å². The molecule has 4 heteroatoms. The van der Waals surface area contributed by atoms with Crippen LogP contribution in [0.15, 0.2) is 120 Å². The van der Waals surface area contributed by atoms with Gasteiger partial charge in [0.1, 0.15) is 23.8 Å². The van der Waals surface area contributed by atoms with Gasteiger partial charge in [-0.3, -0.25) is 0 Å². The van der Waals surface area contributed by atoms with Crippen LogP contribution in [-0.4, -0.2) is 29.2 Å². The third-order valence-electron chi connectivity index (χ3n) is 11.8. The molecule has 4 nitrogen and oxygen atoms in total. The van der Waals surface area contributed by atoms with Gasteiger partial charge in [0.15, 0.2) is 5.71 Å². The van der Waals surface area contributed by atoms with Gasteiger partial charge in [0.25, 0.3) is 0 Å². The summed E-state index contributed by atoms with van der Waals surface area (Å²) in [5, 5.41) is 0. The molecule has 0 N–H and O–H groups in total. The van der Waals surface area contributed by atoms with Gasteiger partial charge in [0.05, 0.1) is 5.41 Å². The number of ether oxygens (including phenoxy) is 1. The lowest BCUT2D eigenvalue weighted by molar-refractivity contribution is -0.438. The number of anilines is 1. The van der Waals surface area contributed by atoms with E-state index in [1.54, 1.807) is 6.92 Å². The molecule has 3 aromatic rings. The number of ketones is 1. The second kappa shape index (κ2) is 17.4. The average molecular weight is 724 g/mol. The molecule has 6 rings (SSSR count). The van der Waals surface area contributed by atoms with Crippen LogP contribution in [0.1, 0.15) is 129 Å². The first-order chi connectivity index (χ1) is 26.0. The van der Waals surface area contributed by atoms with Crippen LogP contribution in [0.4, 0.5) is 11.4 Å². The van der Waals surface area contributed by atoms with Gasteiger partial charge in [0.2, 0.25) is 5.69 Å². The number of aryl methyl sites for hydroxylation is 1. The van der Waals surface area contributed by atoms with Gasteiger partial charge in [0, 0.05) is 53.9 Å². The van der Waals surface area contributed by atoms with Crippen molar-refractivity contribution in [2.24, 2.45) is 0 Å². The number of fused-ring (bicyclic) bond motifs is 2. The fourth-order valence-corrected chi connectivity index (χ4v) is 8.75. The van der Waals surface area contributed by atoms with Crippen molar-refractivity contribution >= 4 is 22.9 Å². The number of rotatable bonds is 16. The number of carbonyl (C=O) groups excluding carboxylic acids is 1. The van der Waals surface area contributed by atoms with E-state index in [9.17, 15) is 4.79 Å². The molecule has 0 atom stereocenters. The molecule has 0 fully saturated rings. The van der Waals surface area contributed by atoms with Crippen LogP contribution in [0.5, 0.6) is 5.75 Å². The molecule has 3 aromatic carbocycles. The van der Waals surface area contributed by atoms with Crippen molar-refractivity contribution in [3.8, 4) is 5.75 Å². The van der Waals surface area contributed by atoms with Crippen LogP contribution in [0.3, 0.4) is 0 Å². The molecular weight excluding hydrogens is 661 g/mol. The summed E-state index contributed by atoms with van der Waals surface area (Å²) in [6.45, 7) is 17.7. The topological polar surface area (TPSA) is 32.5 Å². The largest absolute Gasteiger partial charge is 0.457 e. The minimum absolute atomic E-state index is 0.0973. The van der Waals surface area contributed by atoms with Crippen LogP contribution in [0.25, 0.3) is 0 Å². The zero-order valence-electron chi connectivity index (χ0n) is 34.1. The van der Waals surface area contributed by atoms with Gasteiger partial charge in [-0.2, -0.15) is 4.58 Å². The Kier molecular flexibility index (Phi) is 12.6. The lowest BCUT2D eigenvalue weighted by Gasteiger charge is -2.27. The van der Waals surface area contributed by atoms with Gasteiger partial charge < -0.3 is 14.4 Å². The maximum atomic E-state index is 11.6. The molecule has 0 unspecified atom stereocenters. The average Bonchev–Trinajstić information content (AvgIpc) is 3.50. The van der Waals surface area contributed by atoms with Crippen molar-refractivity contribution in [1.29, 1.82) is 0 Å². The van der Waals surface area contributed by atoms with Crippen LogP contribution >= 0.6 is 0 Å². The Balaban J connectivity index is 1.39. The Bertz CT molecular complexity index is 1970. The molecule has 0 amide bonds. The number of allylic oxidation sites excluding steroid dienone is 7. The minimum atomic E-state index is -0.132. The molecule has 3 aliphatic rings. The van der Waals surface area contributed by atoms with Crippen LogP contribution in [0.2, 0.25) is 0 Å². The first kappa shape index (κ1) is 39.3. The molecule has 284 valence electrons. The normalized spacial score (nSPS) is 19.0. The van der Waals surface area contributed by atoms with Crippen molar-refractivity contribution in [3.05, 3.63) is 136 Å². The molecule has 0 bridgehead atoms. The van der Waals surface area contributed by atoms with Crippen molar-refractivity contribution < 1.29 is 14.1 Å². The maximum Gasteiger partial charge on any atom is 0.209 e. The van der Waals surface area contributed by atoms with E-state index in [1.165, 1.54) is 76.3 Å². The highest BCUT2D eigenvalue weighted by molar-refractivity contribution is 6.03. The number of hydrogen-bond donors (Lipinski definition) is 0. The van der Waals surface area contributed by atoms with E-state index >= 15 is 0 Å². The molecular formula is C50H63N2O2+. The third kappa shape index (κ3) is 8.59. The Hall–Kier alpha value is -4.44. The van der Waals surface area contributed by atoms with Crippen molar-refractivity contribution in [2.45, 2.75) is 130 Å². The summed E-state index contributed by atoms with van der Waals surface area (Å²) in [6.07, 6.45) is 21.2. The highest BCUT2D eigenvalue weighted by Crippen LogP contribution is 2.48. The SMILES string of the molecule is CCCCCCN1/C(=C/C=C2\CCCC(/C=C/C3=[N+](CCCCCC(C)=O)c4ccccc4C3(C)C)=C2Oc2ccccc2)C(C)(C)c2cc(C)ccc21. The molecule has 2 aliphatic heterocycles. The van der Waals surface area contributed by atoms with E-state index in [0.717, 1.165) is 63.1 Å². The molecule has 0 spiro atoms. The summed E-state index contributed by atoms with van der Waals surface area (Å²) >= 11 is 0. The monoisotopic (exact) mass is 723 g/mol. The second-order valence-corrected chi connectivity index (χ2v) is 16.7. The summed E-state index contributed by atoms with van der Waals surface area (Å²) < 4.78 is 9.40. The number of carbonyl (C=O) groups is 1. The summed E-state index contributed by atoms with van der Waals surface area (Å²) in [4.78, 5) is 14.2. The van der Waals surface area contributed by atoms with Crippen LogP contribution < -0.4 is 9.64 Å². The van der Waals surface area contributed by atoms with E-state index < -0.39 is 0 Å². The number of nitrogens with zero attached hydrogens (tertiary/aromatic N) is 2. The fraction of sp³-hybridized carbons (Fsp3) is 0.440. The fourth-order valence-electron chi connectivity index (χ4n) is 8.75. The van der Waals surface area contributed by atoms with E-state index in [2.05, 4.69) is 142 Å². The molecule has 0 saturated carbocycles. The van der Waals surface area contributed by atoms with E-state index in [-0.39, 0.29) is 16.6 Å². The maximum absolute atomic E-state index is 11.6. The first-order valence-electron chi connectivity index (χ1n) is 20.7. The lowest BCUT2D eigenvalue weighted by atomic mass is 9.81.